The Hall–Kier alpha value is -2.73. The summed E-state index contributed by atoms with van der Waals surface area (Å²) >= 11 is 5.27. The second kappa shape index (κ2) is 10.6. The van der Waals surface area contributed by atoms with E-state index in [9.17, 15) is 0 Å². The van der Waals surface area contributed by atoms with Crippen LogP contribution in [0.1, 0.15) is 43.1 Å². The zero-order chi connectivity index (χ0) is 19.6. The molecule has 0 unspecified atom stereocenters. The van der Waals surface area contributed by atoms with Crippen molar-refractivity contribution in [3.63, 3.8) is 0 Å². The fraction of sp³-hybridized carbons (Fsp3) is 0.318. The molecule has 1 N–H and O–H groups in total. The number of aromatic amines is 1. The van der Waals surface area contributed by atoms with Crippen molar-refractivity contribution in [3.8, 4) is 5.75 Å². The molecule has 0 radical (unpaired) electrons. The Morgan fingerprint density at radius 2 is 1.86 bits per heavy atom. The van der Waals surface area contributed by atoms with Crippen molar-refractivity contribution >= 4 is 18.4 Å². The lowest BCUT2D eigenvalue weighted by atomic mass is 10.1. The first-order chi connectivity index (χ1) is 13.8. The first-order valence-corrected chi connectivity index (χ1v) is 10.1. The highest BCUT2D eigenvalue weighted by molar-refractivity contribution is 7.71. The Morgan fingerprint density at radius 1 is 1.07 bits per heavy atom. The molecule has 0 bridgehead atoms. The Kier molecular flexibility index (Phi) is 7.55. The van der Waals surface area contributed by atoms with E-state index in [1.807, 2.05) is 30.3 Å². The van der Waals surface area contributed by atoms with Gasteiger partial charge < -0.3 is 4.74 Å². The number of nitrogens with one attached hydrogen (secondary N) is 1. The molecule has 0 saturated heterocycles. The lowest BCUT2D eigenvalue weighted by molar-refractivity contribution is 0.311. The van der Waals surface area contributed by atoms with Gasteiger partial charge >= 0.3 is 0 Å². The van der Waals surface area contributed by atoms with Crippen molar-refractivity contribution in [2.75, 3.05) is 6.61 Å². The van der Waals surface area contributed by atoms with E-state index in [2.05, 4.69) is 46.5 Å². The van der Waals surface area contributed by atoms with Gasteiger partial charge in [-0.15, -0.1) is 0 Å². The molecule has 0 aliphatic heterocycles. The Morgan fingerprint density at radius 3 is 2.61 bits per heavy atom. The summed E-state index contributed by atoms with van der Waals surface area (Å²) in [5.74, 6) is 1.73. The van der Waals surface area contributed by atoms with Crippen LogP contribution in [-0.2, 0) is 12.8 Å². The van der Waals surface area contributed by atoms with Crippen LogP contribution in [0.5, 0.6) is 5.75 Å². The van der Waals surface area contributed by atoms with Crippen LogP contribution in [0.25, 0.3) is 0 Å². The molecule has 2 aromatic carbocycles. The van der Waals surface area contributed by atoms with E-state index in [4.69, 9.17) is 17.0 Å². The average Bonchev–Trinajstić information content (AvgIpc) is 3.09. The van der Waals surface area contributed by atoms with Gasteiger partial charge in [-0.25, -0.2) is 0 Å². The van der Waals surface area contributed by atoms with Gasteiger partial charge in [0.1, 0.15) is 5.75 Å². The van der Waals surface area contributed by atoms with Crippen molar-refractivity contribution in [1.82, 2.24) is 14.9 Å². The molecule has 28 heavy (non-hydrogen) atoms. The summed E-state index contributed by atoms with van der Waals surface area (Å²) in [5.41, 5.74) is 2.33. The molecular formula is C22H26N4OS. The van der Waals surface area contributed by atoms with Gasteiger partial charge in [-0.05, 0) is 66.9 Å². The van der Waals surface area contributed by atoms with Gasteiger partial charge in [-0.2, -0.15) is 14.9 Å². The highest BCUT2D eigenvalue weighted by Crippen LogP contribution is 2.12. The third-order valence-electron chi connectivity index (χ3n) is 4.40. The minimum atomic E-state index is 0.515. The summed E-state index contributed by atoms with van der Waals surface area (Å²) in [6.45, 7) is 2.85. The lowest BCUT2D eigenvalue weighted by Gasteiger charge is -2.06. The van der Waals surface area contributed by atoms with E-state index in [0.29, 0.717) is 11.4 Å². The lowest BCUT2D eigenvalue weighted by Crippen LogP contribution is -2.00. The molecular weight excluding hydrogens is 368 g/mol. The average molecular weight is 395 g/mol. The number of nitrogens with zero attached hydrogens (tertiary/aromatic N) is 3. The first-order valence-electron chi connectivity index (χ1n) is 9.73. The van der Waals surface area contributed by atoms with Gasteiger partial charge in [0.25, 0.3) is 0 Å². The Balaban J connectivity index is 1.51. The molecule has 3 rings (SSSR count). The number of rotatable bonds is 10. The second-order valence-electron chi connectivity index (χ2n) is 6.61. The molecule has 0 amide bonds. The topological polar surface area (TPSA) is 55.2 Å². The van der Waals surface area contributed by atoms with E-state index in [1.54, 1.807) is 10.9 Å². The van der Waals surface area contributed by atoms with Gasteiger partial charge in [-0.1, -0.05) is 43.7 Å². The summed E-state index contributed by atoms with van der Waals surface area (Å²) in [5, 5.41) is 11.5. The molecule has 1 heterocycles. The number of H-pyrrole nitrogens is 1. The van der Waals surface area contributed by atoms with Crippen LogP contribution in [0, 0.1) is 4.77 Å². The number of hydrogen-bond acceptors (Lipinski definition) is 4. The molecule has 1 aromatic heterocycles. The van der Waals surface area contributed by atoms with Crippen molar-refractivity contribution in [3.05, 3.63) is 76.3 Å². The van der Waals surface area contributed by atoms with Crippen LogP contribution in [0.4, 0.5) is 0 Å². The molecule has 146 valence electrons. The number of benzene rings is 2. The minimum Gasteiger partial charge on any atom is -0.494 e. The molecule has 0 spiro atoms. The number of ether oxygens (including phenoxy) is 1. The van der Waals surface area contributed by atoms with E-state index < -0.39 is 0 Å². The maximum absolute atomic E-state index is 5.83. The fourth-order valence-corrected chi connectivity index (χ4v) is 3.02. The molecule has 0 fully saturated rings. The summed E-state index contributed by atoms with van der Waals surface area (Å²) in [4.78, 5) is 0. The number of aromatic nitrogens is 3. The third kappa shape index (κ3) is 5.89. The predicted molar refractivity (Wildman–Crippen MR) is 116 cm³/mol. The normalized spacial score (nSPS) is 11.2. The maximum Gasteiger partial charge on any atom is 0.216 e. The number of aryl methyl sites for hydroxylation is 2. The van der Waals surface area contributed by atoms with Crippen LogP contribution in [0.15, 0.2) is 59.7 Å². The van der Waals surface area contributed by atoms with Crippen LogP contribution in [0.2, 0.25) is 0 Å². The van der Waals surface area contributed by atoms with Crippen molar-refractivity contribution in [2.45, 2.75) is 39.0 Å². The molecule has 0 saturated carbocycles. The van der Waals surface area contributed by atoms with Crippen LogP contribution in [-0.4, -0.2) is 27.7 Å². The van der Waals surface area contributed by atoms with Crippen LogP contribution < -0.4 is 4.74 Å². The summed E-state index contributed by atoms with van der Waals surface area (Å²) < 4.78 is 8.04. The van der Waals surface area contributed by atoms with E-state index in [0.717, 1.165) is 49.2 Å². The maximum atomic E-state index is 5.83. The van der Waals surface area contributed by atoms with Gasteiger partial charge in [0, 0.05) is 6.42 Å². The van der Waals surface area contributed by atoms with Gasteiger partial charge in [0.05, 0.1) is 12.8 Å². The summed E-state index contributed by atoms with van der Waals surface area (Å²) in [7, 11) is 0. The van der Waals surface area contributed by atoms with Crippen LogP contribution in [0.3, 0.4) is 0 Å². The SMILES string of the molecule is CCCCc1n[nH]c(=S)n1/N=C\c1ccc(OCCCc2ccccc2)cc1. The standard InChI is InChI=1S/C22H26N4OS/c1-2-3-11-21-24-25-22(28)26(21)23-17-19-12-14-20(15-13-19)27-16-7-10-18-8-5-4-6-9-18/h4-6,8-9,12-15,17H,2-3,7,10-11,16H2,1H3,(H,25,28)/b23-17-. The molecule has 3 aromatic rings. The largest absolute Gasteiger partial charge is 0.494 e. The molecule has 6 heteroatoms. The highest BCUT2D eigenvalue weighted by atomic mass is 32.1. The molecule has 0 aliphatic carbocycles. The zero-order valence-electron chi connectivity index (χ0n) is 16.2. The van der Waals surface area contributed by atoms with Gasteiger partial charge in [0.2, 0.25) is 4.77 Å². The van der Waals surface area contributed by atoms with Crippen LogP contribution >= 0.6 is 12.2 Å². The Labute approximate surface area is 171 Å². The van der Waals surface area contributed by atoms with Crippen molar-refractivity contribution in [2.24, 2.45) is 5.10 Å². The Bertz CT molecular complexity index is 929. The quantitative estimate of drug-likeness (QED) is 0.293. The third-order valence-corrected chi connectivity index (χ3v) is 4.66. The minimum absolute atomic E-state index is 0.515. The molecule has 0 aliphatic rings. The summed E-state index contributed by atoms with van der Waals surface area (Å²) in [6.07, 6.45) is 6.84. The predicted octanol–water partition coefficient (Wildman–Crippen LogP) is 5.18. The van der Waals surface area contributed by atoms with Crippen molar-refractivity contribution < 1.29 is 4.74 Å². The smallest absolute Gasteiger partial charge is 0.216 e. The van der Waals surface area contributed by atoms with E-state index in [1.165, 1.54) is 5.56 Å². The first kappa shape index (κ1) is 20.0. The van der Waals surface area contributed by atoms with Crippen molar-refractivity contribution in [1.29, 1.82) is 0 Å². The zero-order valence-corrected chi connectivity index (χ0v) is 17.0. The van der Waals surface area contributed by atoms with Gasteiger partial charge in [-0.3, -0.25) is 5.10 Å². The van der Waals surface area contributed by atoms with Gasteiger partial charge in [0.15, 0.2) is 5.82 Å². The van der Waals surface area contributed by atoms with E-state index in [-0.39, 0.29) is 0 Å². The highest BCUT2D eigenvalue weighted by Gasteiger charge is 2.04. The summed E-state index contributed by atoms with van der Waals surface area (Å²) in [6, 6.07) is 18.4. The molecule has 0 atom stereocenters. The monoisotopic (exact) mass is 394 g/mol. The number of unbranched alkanes of at least 4 members (excludes halogenated alkanes) is 1. The second-order valence-corrected chi connectivity index (χ2v) is 7.00. The fourth-order valence-electron chi connectivity index (χ4n) is 2.83. The van der Waals surface area contributed by atoms with E-state index >= 15 is 0 Å². The number of hydrogen-bond donors (Lipinski definition) is 1. The molecule has 5 nitrogen and oxygen atoms in total.